The molecule has 2 unspecified atom stereocenters. The third-order valence-electron chi connectivity index (χ3n) is 6.92. The van der Waals surface area contributed by atoms with Gasteiger partial charge in [0.1, 0.15) is 29.9 Å². The number of nitrogens with zero attached hydrogens (tertiary/aromatic N) is 3. The Morgan fingerprint density at radius 2 is 1.74 bits per heavy atom. The summed E-state index contributed by atoms with van der Waals surface area (Å²) in [5, 5.41) is 6.19. The van der Waals surface area contributed by atoms with Crippen molar-refractivity contribution in [2.24, 2.45) is 17.0 Å². The highest BCUT2D eigenvalue weighted by atomic mass is 35.5. The highest BCUT2D eigenvalue weighted by molar-refractivity contribution is 6.40. The van der Waals surface area contributed by atoms with Gasteiger partial charge in [-0.2, -0.15) is 0 Å². The van der Waals surface area contributed by atoms with Crippen LogP contribution in [0, 0.1) is 11.8 Å². The molecule has 0 saturated heterocycles. The molecule has 0 radical (unpaired) electrons. The molecule has 1 fully saturated rings. The molecular weight excluding hydrogens is 525 g/mol. The van der Waals surface area contributed by atoms with Crippen molar-refractivity contribution < 1.29 is 19.1 Å². The second-order valence-corrected chi connectivity index (χ2v) is 10.2. The van der Waals surface area contributed by atoms with Crippen LogP contribution in [0.2, 0.25) is 10.0 Å². The number of esters is 1. The average Bonchev–Trinajstić information content (AvgIpc) is 3.71. The summed E-state index contributed by atoms with van der Waals surface area (Å²) in [5.74, 6) is 0.649. The van der Waals surface area contributed by atoms with Crippen molar-refractivity contribution in [2.45, 2.75) is 18.9 Å². The number of hydrogen-bond acceptors (Lipinski definition) is 7. The van der Waals surface area contributed by atoms with E-state index in [1.807, 2.05) is 48.5 Å². The molecule has 38 heavy (non-hydrogen) atoms. The Kier molecular flexibility index (Phi) is 6.64. The van der Waals surface area contributed by atoms with Gasteiger partial charge in [-0.05, 0) is 60.2 Å². The van der Waals surface area contributed by atoms with Crippen molar-refractivity contribution in [2.75, 3.05) is 13.7 Å². The summed E-state index contributed by atoms with van der Waals surface area (Å²) in [6.45, 7) is 0.387. The van der Waals surface area contributed by atoms with E-state index in [2.05, 4.69) is 15.1 Å². The SMILES string of the molecule is COC(=O)c1ccc2cc(-c3ccc(OCC4C(c5c(Cl)cncc5Cl)=NOC4C4CC4)cc3)ccc2n1. The van der Waals surface area contributed by atoms with Crippen LogP contribution in [-0.4, -0.2) is 41.5 Å². The topological polar surface area (TPSA) is 82.9 Å². The number of oxime groups is 1. The third-order valence-corrected chi connectivity index (χ3v) is 7.49. The molecule has 0 spiro atoms. The molecule has 1 aliphatic carbocycles. The van der Waals surface area contributed by atoms with E-state index in [1.54, 1.807) is 18.5 Å². The first-order valence-electron chi connectivity index (χ1n) is 12.3. The summed E-state index contributed by atoms with van der Waals surface area (Å²) in [7, 11) is 1.34. The zero-order valence-electron chi connectivity index (χ0n) is 20.4. The second kappa shape index (κ2) is 10.2. The van der Waals surface area contributed by atoms with Gasteiger partial charge in [0.25, 0.3) is 0 Å². The average molecular weight is 548 g/mol. The molecule has 0 N–H and O–H groups in total. The van der Waals surface area contributed by atoms with Gasteiger partial charge >= 0.3 is 5.97 Å². The molecule has 0 bridgehead atoms. The minimum Gasteiger partial charge on any atom is -0.493 e. The minimum atomic E-state index is -0.454. The maximum Gasteiger partial charge on any atom is 0.356 e. The van der Waals surface area contributed by atoms with Gasteiger partial charge in [0.05, 0.1) is 28.6 Å². The number of benzene rings is 2. The summed E-state index contributed by atoms with van der Waals surface area (Å²) in [6.07, 6.45) is 5.29. The monoisotopic (exact) mass is 547 g/mol. The van der Waals surface area contributed by atoms with Gasteiger partial charge in [0.2, 0.25) is 0 Å². The zero-order valence-corrected chi connectivity index (χ0v) is 21.9. The summed E-state index contributed by atoms with van der Waals surface area (Å²) in [4.78, 5) is 26.0. The van der Waals surface area contributed by atoms with Gasteiger partial charge in [-0.25, -0.2) is 9.78 Å². The summed E-state index contributed by atoms with van der Waals surface area (Å²) >= 11 is 12.9. The van der Waals surface area contributed by atoms with Crippen LogP contribution in [0.4, 0.5) is 0 Å². The number of ether oxygens (including phenoxy) is 2. The fourth-order valence-electron chi connectivity index (χ4n) is 4.77. The fraction of sp³-hybridized carbons (Fsp3) is 0.241. The van der Waals surface area contributed by atoms with E-state index >= 15 is 0 Å². The van der Waals surface area contributed by atoms with Gasteiger partial charge in [0.15, 0.2) is 0 Å². The lowest BCUT2D eigenvalue weighted by Crippen LogP contribution is -2.31. The highest BCUT2D eigenvalue weighted by Gasteiger charge is 2.46. The van der Waals surface area contributed by atoms with E-state index < -0.39 is 5.97 Å². The molecule has 6 rings (SSSR count). The summed E-state index contributed by atoms with van der Waals surface area (Å²) in [5.41, 5.74) is 4.44. The predicted molar refractivity (Wildman–Crippen MR) is 146 cm³/mol. The number of rotatable bonds is 7. The second-order valence-electron chi connectivity index (χ2n) is 9.40. The molecule has 4 aromatic rings. The van der Waals surface area contributed by atoms with Gasteiger partial charge in [0, 0.05) is 23.3 Å². The van der Waals surface area contributed by atoms with Crippen LogP contribution in [0.5, 0.6) is 5.75 Å². The van der Waals surface area contributed by atoms with Crippen LogP contribution in [0.25, 0.3) is 22.0 Å². The maximum absolute atomic E-state index is 11.8. The van der Waals surface area contributed by atoms with Crippen LogP contribution in [0.15, 0.2) is 72.1 Å². The van der Waals surface area contributed by atoms with E-state index in [4.69, 9.17) is 37.5 Å². The number of hydrogen-bond donors (Lipinski definition) is 0. The number of pyridine rings is 2. The van der Waals surface area contributed by atoms with E-state index in [1.165, 1.54) is 7.11 Å². The first kappa shape index (κ1) is 24.6. The van der Waals surface area contributed by atoms with E-state index in [0.717, 1.165) is 40.6 Å². The number of aromatic nitrogens is 2. The number of fused-ring (bicyclic) bond motifs is 1. The molecule has 2 aromatic heterocycles. The van der Waals surface area contributed by atoms with Gasteiger partial charge in [-0.1, -0.05) is 52.6 Å². The van der Waals surface area contributed by atoms with Crippen molar-refractivity contribution in [3.63, 3.8) is 0 Å². The molecular formula is C29H23Cl2N3O4. The van der Waals surface area contributed by atoms with Gasteiger partial charge in [-0.15, -0.1) is 0 Å². The molecule has 3 heterocycles. The van der Waals surface area contributed by atoms with Crippen molar-refractivity contribution >= 4 is 45.8 Å². The van der Waals surface area contributed by atoms with Crippen molar-refractivity contribution in [1.82, 2.24) is 9.97 Å². The third kappa shape index (κ3) is 4.79. The lowest BCUT2D eigenvalue weighted by atomic mass is 9.91. The van der Waals surface area contributed by atoms with Crippen molar-refractivity contribution in [3.8, 4) is 16.9 Å². The summed E-state index contributed by atoms with van der Waals surface area (Å²) in [6, 6.07) is 17.4. The lowest BCUT2D eigenvalue weighted by Gasteiger charge is -2.20. The molecule has 192 valence electrons. The number of carbonyl (C=O) groups is 1. The smallest absolute Gasteiger partial charge is 0.356 e. The van der Waals surface area contributed by atoms with Crippen LogP contribution in [-0.2, 0) is 9.57 Å². The van der Waals surface area contributed by atoms with Crippen LogP contribution in [0.1, 0.15) is 28.9 Å². The number of carbonyl (C=O) groups excluding carboxylic acids is 1. The summed E-state index contributed by atoms with van der Waals surface area (Å²) < 4.78 is 11.0. The zero-order chi connectivity index (χ0) is 26.2. The molecule has 2 atom stereocenters. The minimum absolute atomic E-state index is 0.0597. The molecule has 0 amide bonds. The standard InChI is InChI=1S/C29H23Cl2N3O4/c1-36-29(35)25-11-7-19-12-18(6-10-24(19)33-25)16-4-8-20(9-5-16)37-15-21-27(34-38-28(21)17-2-3-17)26-22(30)13-32-14-23(26)31/h4-14,17,21,28H,2-3,15H2,1H3. The Morgan fingerprint density at radius 3 is 2.45 bits per heavy atom. The Morgan fingerprint density at radius 1 is 1.00 bits per heavy atom. The molecule has 2 aliphatic rings. The molecule has 1 aliphatic heterocycles. The first-order chi connectivity index (χ1) is 18.5. The van der Waals surface area contributed by atoms with E-state index in [0.29, 0.717) is 33.8 Å². The van der Waals surface area contributed by atoms with Crippen molar-refractivity contribution in [3.05, 3.63) is 88.3 Å². The lowest BCUT2D eigenvalue weighted by molar-refractivity contribution is 0.0340. The first-order valence-corrected chi connectivity index (χ1v) is 13.0. The molecule has 2 aromatic carbocycles. The molecule has 7 nitrogen and oxygen atoms in total. The quantitative estimate of drug-likeness (QED) is 0.242. The number of methoxy groups -OCH3 is 1. The Hall–Kier alpha value is -3.68. The normalized spacial score (nSPS) is 18.7. The Labute approximate surface area is 229 Å². The van der Waals surface area contributed by atoms with Crippen LogP contribution in [0.3, 0.4) is 0 Å². The van der Waals surface area contributed by atoms with E-state index in [9.17, 15) is 4.79 Å². The van der Waals surface area contributed by atoms with Crippen LogP contribution >= 0.6 is 23.2 Å². The highest BCUT2D eigenvalue weighted by Crippen LogP contribution is 2.43. The largest absolute Gasteiger partial charge is 0.493 e. The van der Waals surface area contributed by atoms with E-state index in [-0.39, 0.29) is 17.7 Å². The Balaban J connectivity index is 1.19. The van der Waals surface area contributed by atoms with Crippen molar-refractivity contribution in [1.29, 1.82) is 0 Å². The number of halogens is 2. The van der Waals surface area contributed by atoms with Gasteiger partial charge in [-0.3, -0.25) is 4.98 Å². The predicted octanol–water partition coefficient (Wildman–Crippen LogP) is 6.60. The Bertz CT molecular complexity index is 1530. The fourth-order valence-corrected chi connectivity index (χ4v) is 5.33. The molecule has 9 heteroatoms. The van der Waals surface area contributed by atoms with Gasteiger partial charge < -0.3 is 14.3 Å². The van der Waals surface area contributed by atoms with Crippen LogP contribution < -0.4 is 4.74 Å². The maximum atomic E-state index is 11.8. The molecule has 1 saturated carbocycles.